The molecule has 0 saturated carbocycles. The first kappa shape index (κ1) is 17.7. The van der Waals surface area contributed by atoms with E-state index in [4.69, 9.17) is 0 Å². The first-order valence-corrected chi connectivity index (χ1v) is 9.38. The summed E-state index contributed by atoms with van der Waals surface area (Å²) < 4.78 is 0. The summed E-state index contributed by atoms with van der Waals surface area (Å²) >= 11 is 0. The zero-order valence-corrected chi connectivity index (χ0v) is 14.6. The molecule has 2 rings (SSSR count). The van der Waals surface area contributed by atoms with Crippen LogP contribution in [0.3, 0.4) is 0 Å². The average Bonchev–Trinajstić information content (AvgIpc) is 2.54. The number of hydrogen-bond acceptors (Lipinski definition) is 3. The highest BCUT2D eigenvalue weighted by Gasteiger charge is 2.21. The van der Waals surface area contributed by atoms with Crippen LogP contribution in [0.25, 0.3) is 0 Å². The van der Waals surface area contributed by atoms with E-state index in [1.807, 2.05) is 0 Å². The number of amides is 1. The summed E-state index contributed by atoms with van der Waals surface area (Å²) in [5, 5.41) is 3.13. The molecule has 1 atom stereocenters. The van der Waals surface area contributed by atoms with Crippen molar-refractivity contribution in [2.45, 2.75) is 64.3 Å². The Hall–Kier alpha value is -0.610. The van der Waals surface area contributed by atoms with Crippen molar-refractivity contribution in [1.82, 2.24) is 15.1 Å². The maximum atomic E-state index is 12.0. The van der Waals surface area contributed by atoms with Crippen molar-refractivity contribution in [2.24, 2.45) is 5.92 Å². The number of hydrogen-bond donors (Lipinski definition) is 1. The van der Waals surface area contributed by atoms with Gasteiger partial charge in [0.1, 0.15) is 0 Å². The van der Waals surface area contributed by atoms with Gasteiger partial charge in [0.25, 0.3) is 0 Å². The molecular formula is C18H35N3O. The van der Waals surface area contributed by atoms with Crippen molar-refractivity contribution >= 4 is 5.91 Å². The molecule has 2 heterocycles. The van der Waals surface area contributed by atoms with Crippen molar-refractivity contribution in [3.63, 3.8) is 0 Å². The third-order valence-corrected chi connectivity index (χ3v) is 5.48. The zero-order valence-electron chi connectivity index (χ0n) is 14.6. The fraction of sp³-hybridized carbons (Fsp3) is 0.944. The lowest BCUT2D eigenvalue weighted by atomic mass is 9.93. The van der Waals surface area contributed by atoms with Crippen molar-refractivity contribution in [1.29, 1.82) is 0 Å². The van der Waals surface area contributed by atoms with Crippen molar-refractivity contribution < 1.29 is 4.79 Å². The summed E-state index contributed by atoms with van der Waals surface area (Å²) in [7, 11) is 2.17. The fourth-order valence-electron chi connectivity index (χ4n) is 3.93. The Kier molecular flexibility index (Phi) is 7.67. The van der Waals surface area contributed by atoms with Crippen LogP contribution in [0.2, 0.25) is 0 Å². The molecule has 22 heavy (non-hydrogen) atoms. The zero-order chi connectivity index (χ0) is 15.8. The Morgan fingerprint density at radius 1 is 1.14 bits per heavy atom. The number of likely N-dealkylation sites (tertiary alicyclic amines) is 2. The van der Waals surface area contributed by atoms with Gasteiger partial charge in [-0.1, -0.05) is 13.3 Å². The molecule has 0 spiro atoms. The monoisotopic (exact) mass is 309 g/mol. The Bertz CT molecular complexity index is 326. The van der Waals surface area contributed by atoms with Crippen LogP contribution in [0, 0.1) is 5.92 Å². The summed E-state index contributed by atoms with van der Waals surface area (Å²) in [6, 6.07) is 0.781. The predicted octanol–water partition coefficient (Wildman–Crippen LogP) is 2.49. The number of rotatable bonds is 7. The van der Waals surface area contributed by atoms with Crippen LogP contribution in [-0.2, 0) is 4.79 Å². The van der Waals surface area contributed by atoms with E-state index in [2.05, 4.69) is 29.1 Å². The second-order valence-corrected chi connectivity index (χ2v) is 7.25. The lowest BCUT2D eigenvalue weighted by Crippen LogP contribution is -2.40. The van der Waals surface area contributed by atoms with Gasteiger partial charge in [0.2, 0.25) is 5.91 Å². The molecule has 0 aromatic heterocycles. The van der Waals surface area contributed by atoms with Crippen LogP contribution in [0.1, 0.15) is 58.3 Å². The standard InChI is InChI=1S/C18H35N3O/c1-3-17-7-4-5-11-21(17)12-6-10-19-18(22)15-16-8-13-20(2)14-9-16/h16-17H,3-15H2,1-2H3,(H,19,22). The molecule has 4 nitrogen and oxygen atoms in total. The normalized spacial score (nSPS) is 25.3. The minimum Gasteiger partial charge on any atom is -0.356 e. The lowest BCUT2D eigenvalue weighted by Gasteiger charge is -2.35. The van der Waals surface area contributed by atoms with Crippen LogP contribution in [-0.4, -0.2) is 61.5 Å². The maximum Gasteiger partial charge on any atom is 0.220 e. The fourth-order valence-corrected chi connectivity index (χ4v) is 3.93. The average molecular weight is 309 g/mol. The van der Waals surface area contributed by atoms with E-state index >= 15 is 0 Å². The van der Waals surface area contributed by atoms with Gasteiger partial charge >= 0.3 is 0 Å². The highest BCUT2D eigenvalue weighted by atomic mass is 16.1. The van der Waals surface area contributed by atoms with Gasteiger partial charge in [-0.15, -0.1) is 0 Å². The molecule has 1 unspecified atom stereocenters. The van der Waals surface area contributed by atoms with Crippen LogP contribution in [0.4, 0.5) is 0 Å². The molecule has 1 N–H and O–H groups in total. The number of carbonyl (C=O) groups excluding carboxylic acids is 1. The summed E-state index contributed by atoms with van der Waals surface area (Å²) in [4.78, 5) is 17.0. The van der Waals surface area contributed by atoms with E-state index < -0.39 is 0 Å². The minimum absolute atomic E-state index is 0.264. The molecule has 0 aliphatic carbocycles. The number of nitrogens with one attached hydrogen (secondary N) is 1. The molecule has 2 saturated heterocycles. The molecule has 0 aromatic rings. The van der Waals surface area contributed by atoms with Gasteiger partial charge in [0.15, 0.2) is 0 Å². The molecule has 0 bridgehead atoms. The van der Waals surface area contributed by atoms with Gasteiger partial charge < -0.3 is 15.1 Å². The van der Waals surface area contributed by atoms with Crippen LogP contribution in [0.15, 0.2) is 0 Å². The van der Waals surface area contributed by atoms with Crippen molar-refractivity contribution in [2.75, 3.05) is 39.8 Å². The van der Waals surface area contributed by atoms with Crippen molar-refractivity contribution in [3.8, 4) is 0 Å². The van der Waals surface area contributed by atoms with Gasteiger partial charge in [-0.3, -0.25) is 4.79 Å². The molecule has 2 aliphatic rings. The smallest absolute Gasteiger partial charge is 0.220 e. The largest absolute Gasteiger partial charge is 0.356 e. The van der Waals surface area contributed by atoms with E-state index in [1.54, 1.807) is 0 Å². The first-order chi connectivity index (χ1) is 10.7. The maximum absolute atomic E-state index is 12.0. The molecule has 1 amide bonds. The Morgan fingerprint density at radius 2 is 1.91 bits per heavy atom. The first-order valence-electron chi connectivity index (χ1n) is 9.38. The van der Waals surface area contributed by atoms with Crippen LogP contribution in [0.5, 0.6) is 0 Å². The molecule has 128 valence electrons. The second kappa shape index (κ2) is 9.51. The lowest BCUT2D eigenvalue weighted by molar-refractivity contribution is -0.122. The number of carbonyl (C=O) groups is 1. The van der Waals surface area contributed by atoms with E-state index in [0.29, 0.717) is 5.92 Å². The summed E-state index contributed by atoms with van der Waals surface area (Å²) in [5.74, 6) is 0.864. The molecule has 2 aliphatic heterocycles. The Balaban J connectivity index is 1.55. The summed E-state index contributed by atoms with van der Waals surface area (Å²) in [6.07, 6.45) is 9.54. The van der Waals surface area contributed by atoms with E-state index in [0.717, 1.165) is 45.1 Å². The molecule has 0 radical (unpaired) electrons. The third kappa shape index (κ3) is 5.88. The quantitative estimate of drug-likeness (QED) is 0.734. The van der Waals surface area contributed by atoms with Crippen molar-refractivity contribution in [3.05, 3.63) is 0 Å². The highest BCUT2D eigenvalue weighted by molar-refractivity contribution is 5.76. The minimum atomic E-state index is 0.264. The summed E-state index contributed by atoms with van der Waals surface area (Å²) in [6.45, 7) is 7.83. The predicted molar refractivity (Wildman–Crippen MR) is 92.0 cm³/mol. The third-order valence-electron chi connectivity index (χ3n) is 5.48. The van der Waals surface area contributed by atoms with Gasteiger partial charge in [-0.25, -0.2) is 0 Å². The van der Waals surface area contributed by atoms with E-state index in [9.17, 15) is 4.79 Å². The number of nitrogens with zero attached hydrogens (tertiary/aromatic N) is 2. The summed E-state index contributed by atoms with van der Waals surface area (Å²) in [5.41, 5.74) is 0. The molecule has 0 aromatic carbocycles. The Labute approximate surface area is 136 Å². The van der Waals surface area contributed by atoms with Crippen LogP contribution < -0.4 is 5.32 Å². The van der Waals surface area contributed by atoms with Crippen LogP contribution >= 0.6 is 0 Å². The molecular weight excluding hydrogens is 274 g/mol. The van der Waals surface area contributed by atoms with Gasteiger partial charge in [-0.2, -0.15) is 0 Å². The van der Waals surface area contributed by atoms with E-state index in [1.165, 1.54) is 45.1 Å². The van der Waals surface area contributed by atoms with Gasteiger partial charge in [0, 0.05) is 25.6 Å². The Morgan fingerprint density at radius 3 is 2.64 bits per heavy atom. The highest BCUT2D eigenvalue weighted by Crippen LogP contribution is 2.20. The molecule has 2 fully saturated rings. The second-order valence-electron chi connectivity index (χ2n) is 7.25. The molecule has 4 heteroatoms. The van der Waals surface area contributed by atoms with E-state index in [-0.39, 0.29) is 5.91 Å². The topological polar surface area (TPSA) is 35.6 Å². The number of piperidine rings is 2. The van der Waals surface area contributed by atoms with Gasteiger partial charge in [-0.05, 0) is 71.1 Å². The SMILES string of the molecule is CCC1CCCCN1CCCNC(=O)CC1CCN(C)CC1. The van der Waals surface area contributed by atoms with Gasteiger partial charge in [0.05, 0.1) is 0 Å².